The minimum Gasteiger partial charge on any atom is -0.444 e. The number of imidazole rings is 1. The number of aromatic nitrogens is 3. The maximum Gasteiger partial charge on any atom is 0.410 e. The van der Waals surface area contributed by atoms with Crippen LogP contribution in [0.1, 0.15) is 42.5 Å². The molecule has 0 aliphatic carbocycles. The number of pyridine rings is 1. The number of alkyl halides is 1. The standard InChI is InChI=1S/C28H32F2N6O3/c1-15-9-19-22(35-13-21(30)23(14-35)34(6)27(38)39-28(3,4)5)8-7-18(24(19)31-15)26(37)33-17-10-20(29)25-32-16(2)11-36(25)12-17/h7-12,21,23,31H,13-14H2,1-6H3,(H,33,37). The Balaban J connectivity index is 1.40. The van der Waals surface area contributed by atoms with Crippen molar-refractivity contribution in [1.82, 2.24) is 19.3 Å². The predicted octanol–water partition coefficient (Wildman–Crippen LogP) is 5.22. The van der Waals surface area contributed by atoms with Gasteiger partial charge in [0.2, 0.25) is 0 Å². The Labute approximate surface area is 224 Å². The predicted molar refractivity (Wildman–Crippen MR) is 146 cm³/mol. The number of anilines is 2. The summed E-state index contributed by atoms with van der Waals surface area (Å²) in [6.45, 7) is 9.29. The molecule has 0 spiro atoms. The first-order valence-corrected chi connectivity index (χ1v) is 12.7. The van der Waals surface area contributed by atoms with E-state index < -0.39 is 35.6 Å². The first-order valence-electron chi connectivity index (χ1n) is 12.7. The number of fused-ring (bicyclic) bond motifs is 2. The van der Waals surface area contributed by atoms with Crippen molar-refractivity contribution >= 4 is 39.9 Å². The average molecular weight is 539 g/mol. The van der Waals surface area contributed by atoms with Gasteiger partial charge < -0.3 is 29.2 Å². The molecule has 1 aliphatic rings. The van der Waals surface area contributed by atoms with Gasteiger partial charge >= 0.3 is 6.09 Å². The van der Waals surface area contributed by atoms with Crippen molar-refractivity contribution in [1.29, 1.82) is 0 Å². The van der Waals surface area contributed by atoms with Gasteiger partial charge in [-0.3, -0.25) is 4.79 Å². The summed E-state index contributed by atoms with van der Waals surface area (Å²) in [7, 11) is 1.55. The van der Waals surface area contributed by atoms with Crippen LogP contribution in [-0.4, -0.2) is 69.2 Å². The van der Waals surface area contributed by atoms with Crippen molar-refractivity contribution in [3.63, 3.8) is 0 Å². The Bertz CT molecular complexity index is 1590. The number of ether oxygens (including phenoxy) is 1. The molecule has 0 bridgehead atoms. The highest BCUT2D eigenvalue weighted by atomic mass is 19.1. The number of benzene rings is 1. The number of amides is 2. The van der Waals surface area contributed by atoms with Crippen molar-refractivity contribution in [2.75, 3.05) is 30.4 Å². The van der Waals surface area contributed by atoms with Crippen molar-refractivity contribution in [2.45, 2.75) is 52.4 Å². The molecule has 9 nitrogen and oxygen atoms in total. The molecule has 2 atom stereocenters. The van der Waals surface area contributed by atoms with E-state index >= 15 is 4.39 Å². The van der Waals surface area contributed by atoms with Gasteiger partial charge in [-0.1, -0.05) is 0 Å². The summed E-state index contributed by atoms with van der Waals surface area (Å²) in [5.74, 6) is -0.964. The molecule has 1 aromatic carbocycles. The molecule has 1 fully saturated rings. The molecule has 206 valence electrons. The molecular formula is C28H32F2N6O3. The molecule has 2 amide bonds. The molecular weight excluding hydrogens is 506 g/mol. The first-order chi connectivity index (χ1) is 18.3. The van der Waals surface area contributed by atoms with E-state index in [-0.39, 0.29) is 24.4 Å². The molecule has 2 unspecified atom stereocenters. The van der Waals surface area contributed by atoms with Crippen LogP contribution in [0.3, 0.4) is 0 Å². The van der Waals surface area contributed by atoms with Gasteiger partial charge in [0.05, 0.1) is 35.0 Å². The quantitative estimate of drug-likeness (QED) is 0.372. The largest absolute Gasteiger partial charge is 0.444 e. The summed E-state index contributed by atoms with van der Waals surface area (Å²) in [5.41, 5.74) is 2.97. The van der Waals surface area contributed by atoms with E-state index in [4.69, 9.17) is 4.74 Å². The highest BCUT2D eigenvalue weighted by Crippen LogP contribution is 2.34. The Morgan fingerprint density at radius 3 is 2.64 bits per heavy atom. The van der Waals surface area contributed by atoms with Gasteiger partial charge in [0, 0.05) is 48.8 Å². The van der Waals surface area contributed by atoms with Gasteiger partial charge in [-0.15, -0.1) is 0 Å². The van der Waals surface area contributed by atoms with Crippen LogP contribution < -0.4 is 10.2 Å². The number of nitrogens with zero attached hydrogens (tertiary/aromatic N) is 4. The highest BCUT2D eigenvalue weighted by molar-refractivity contribution is 6.14. The fourth-order valence-electron chi connectivity index (χ4n) is 5.03. The molecule has 11 heteroatoms. The number of carbonyl (C=O) groups is 2. The number of H-pyrrole nitrogens is 1. The van der Waals surface area contributed by atoms with Crippen LogP contribution in [-0.2, 0) is 4.74 Å². The van der Waals surface area contributed by atoms with Crippen LogP contribution in [0.4, 0.5) is 25.0 Å². The molecule has 39 heavy (non-hydrogen) atoms. The third-order valence-corrected chi connectivity index (χ3v) is 6.77. The number of aromatic amines is 1. The number of hydrogen-bond donors (Lipinski definition) is 2. The van der Waals surface area contributed by atoms with Crippen LogP contribution in [0.25, 0.3) is 16.6 Å². The smallest absolute Gasteiger partial charge is 0.410 e. The zero-order chi connectivity index (χ0) is 28.2. The molecule has 0 radical (unpaired) electrons. The van der Waals surface area contributed by atoms with Crippen LogP contribution in [0.15, 0.2) is 36.7 Å². The van der Waals surface area contributed by atoms with Crippen molar-refractivity contribution in [2.24, 2.45) is 0 Å². The van der Waals surface area contributed by atoms with Crippen LogP contribution >= 0.6 is 0 Å². The Morgan fingerprint density at radius 2 is 1.92 bits per heavy atom. The second-order valence-electron chi connectivity index (χ2n) is 11.1. The third kappa shape index (κ3) is 5.13. The lowest BCUT2D eigenvalue weighted by atomic mass is 10.1. The summed E-state index contributed by atoms with van der Waals surface area (Å²) >= 11 is 0. The summed E-state index contributed by atoms with van der Waals surface area (Å²) < 4.78 is 36.7. The molecule has 5 rings (SSSR count). The van der Waals surface area contributed by atoms with Crippen LogP contribution in [0, 0.1) is 19.7 Å². The fourth-order valence-corrected chi connectivity index (χ4v) is 5.03. The highest BCUT2D eigenvalue weighted by Gasteiger charge is 2.39. The van der Waals surface area contributed by atoms with Crippen molar-refractivity contribution in [3.8, 4) is 0 Å². The number of carbonyl (C=O) groups excluding carboxylic acids is 2. The van der Waals surface area contributed by atoms with Crippen molar-refractivity contribution < 1.29 is 23.1 Å². The van der Waals surface area contributed by atoms with Crippen LogP contribution in [0.2, 0.25) is 0 Å². The van der Waals surface area contributed by atoms with E-state index in [1.807, 2.05) is 17.9 Å². The van der Waals surface area contributed by atoms with E-state index in [2.05, 4.69) is 15.3 Å². The van der Waals surface area contributed by atoms with Gasteiger partial charge in [-0.2, -0.15) is 0 Å². The number of rotatable bonds is 4. The van der Waals surface area contributed by atoms with Gasteiger partial charge in [-0.05, 0) is 52.8 Å². The van der Waals surface area contributed by atoms with Gasteiger partial charge in [0.15, 0.2) is 11.5 Å². The van der Waals surface area contributed by atoms with Gasteiger partial charge in [0.25, 0.3) is 5.91 Å². The minimum atomic E-state index is -1.28. The lowest BCUT2D eigenvalue weighted by molar-refractivity contribution is 0.0183. The van der Waals surface area contributed by atoms with Crippen LogP contribution in [0.5, 0.6) is 0 Å². The lowest BCUT2D eigenvalue weighted by Gasteiger charge is -2.29. The number of likely N-dealkylation sites (N-methyl/N-ethyl adjacent to an activating group) is 1. The summed E-state index contributed by atoms with van der Waals surface area (Å²) in [5, 5.41) is 3.52. The Kier molecular flexibility index (Phi) is 6.48. The zero-order valence-electron chi connectivity index (χ0n) is 22.8. The molecule has 0 saturated carbocycles. The Morgan fingerprint density at radius 1 is 1.18 bits per heavy atom. The number of nitrogens with one attached hydrogen (secondary N) is 2. The van der Waals surface area contributed by atoms with Gasteiger partial charge in [-0.25, -0.2) is 18.6 Å². The first kappa shape index (κ1) is 26.5. The maximum atomic E-state index is 15.2. The van der Waals surface area contributed by atoms with E-state index in [0.717, 1.165) is 16.8 Å². The van der Waals surface area contributed by atoms with Gasteiger partial charge in [0.1, 0.15) is 11.8 Å². The molecule has 1 saturated heterocycles. The molecule has 3 aromatic heterocycles. The average Bonchev–Trinajstić information content (AvgIpc) is 3.52. The fraction of sp³-hybridized carbons (Fsp3) is 0.393. The minimum absolute atomic E-state index is 0.0896. The Hall–Kier alpha value is -4.15. The maximum absolute atomic E-state index is 15.2. The molecule has 2 N–H and O–H groups in total. The number of halogens is 2. The number of aryl methyl sites for hydroxylation is 2. The third-order valence-electron chi connectivity index (χ3n) is 6.77. The van der Waals surface area contributed by atoms with E-state index in [9.17, 15) is 14.0 Å². The monoisotopic (exact) mass is 538 g/mol. The number of hydrogen-bond acceptors (Lipinski definition) is 5. The molecule has 4 heterocycles. The second-order valence-corrected chi connectivity index (χ2v) is 11.1. The summed E-state index contributed by atoms with van der Waals surface area (Å²) in [6, 6.07) is 5.89. The van der Waals surface area contributed by atoms with Crippen molar-refractivity contribution in [3.05, 3.63) is 59.4 Å². The topological polar surface area (TPSA) is 95.0 Å². The lowest BCUT2D eigenvalue weighted by Crippen LogP contribution is -2.45. The normalized spacial score (nSPS) is 17.7. The van der Waals surface area contributed by atoms with E-state index in [1.165, 1.54) is 15.4 Å². The SMILES string of the molecule is Cc1cn2cc(NC(=O)c3ccc(N4CC(F)C(N(C)C(=O)OC(C)(C)C)C4)c4cc(C)[nH]c34)cc(F)c2n1. The van der Waals surface area contributed by atoms with E-state index in [1.54, 1.807) is 59.3 Å². The molecule has 4 aromatic rings. The summed E-state index contributed by atoms with van der Waals surface area (Å²) in [4.78, 5) is 36.4. The second kappa shape index (κ2) is 9.55. The zero-order valence-corrected chi connectivity index (χ0v) is 22.8. The molecule has 1 aliphatic heterocycles. The van der Waals surface area contributed by atoms with E-state index in [0.29, 0.717) is 16.8 Å². The summed E-state index contributed by atoms with van der Waals surface area (Å²) in [6.07, 6.45) is 1.43.